The van der Waals surface area contributed by atoms with E-state index < -0.39 is 0 Å². The highest BCUT2D eigenvalue weighted by atomic mass is 16.1. The summed E-state index contributed by atoms with van der Waals surface area (Å²) in [4.78, 5) is 15.2. The van der Waals surface area contributed by atoms with E-state index in [2.05, 4.69) is 69.8 Å². The van der Waals surface area contributed by atoms with Crippen molar-refractivity contribution in [2.75, 3.05) is 5.32 Å². The van der Waals surface area contributed by atoms with Gasteiger partial charge in [-0.3, -0.25) is 14.8 Å². The van der Waals surface area contributed by atoms with Gasteiger partial charge in [0, 0.05) is 24.7 Å². The van der Waals surface area contributed by atoms with E-state index in [4.69, 9.17) is 0 Å². The molecule has 150 valence electrons. The van der Waals surface area contributed by atoms with Crippen molar-refractivity contribution in [2.24, 2.45) is 0 Å². The molecule has 30 heavy (non-hydrogen) atoms. The number of carbonyl (C=O) groups is 1. The molecule has 3 aromatic carbocycles. The maximum Gasteiger partial charge on any atom is 0.230 e. The lowest BCUT2D eigenvalue weighted by atomic mass is 10.0. The van der Waals surface area contributed by atoms with E-state index in [1.54, 1.807) is 0 Å². The van der Waals surface area contributed by atoms with Gasteiger partial charge in [0.2, 0.25) is 5.91 Å². The normalized spacial score (nSPS) is 14.6. The first-order valence-electron chi connectivity index (χ1n) is 10.3. The molecule has 4 aromatic rings. The lowest BCUT2D eigenvalue weighted by Gasteiger charge is -2.24. The summed E-state index contributed by atoms with van der Waals surface area (Å²) in [5.41, 5.74) is 4.48. The molecular weight excluding hydrogens is 372 g/mol. The zero-order valence-electron chi connectivity index (χ0n) is 16.9. The van der Waals surface area contributed by atoms with Crippen LogP contribution in [0.5, 0.6) is 0 Å². The van der Waals surface area contributed by atoms with Crippen LogP contribution < -0.4 is 5.32 Å². The van der Waals surface area contributed by atoms with Crippen LogP contribution in [0.25, 0.3) is 10.8 Å². The monoisotopic (exact) mass is 396 g/mol. The summed E-state index contributed by atoms with van der Waals surface area (Å²) in [5.74, 6) is 0.605. The van der Waals surface area contributed by atoms with Gasteiger partial charge in [-0.1, -0.05) is 72.8 Å². The molecule has 0 aliphatic carbocycles. The van der Waals surface area contributed by atoms with Crippen LogP contribution in [0, 0.1) is 0 Å². The Hall–Kier alpha value is -3.44. The number of nitrogens with one attached hydrogen (secondary N) is 2. The van der Waals surface area contributed by atoms with Gasteiger partial charge in [0.1, 0.15) is 0 Å². The number of anilines is 1. The third-order valence-corrected chi connectivity index (χ3v) is 5.99. The minimum atomic E-state index is -0.0461. The summed E-state index contributed by atoms with van der Waals surface area (Å²) in [6.45, 7) is 3.79. The third-order valence-electron chi connectivity index (χ3n) is 5.99. The summed E-state index contributed by atoms with van der Waals surface area (Å²) >= 11 is 0. The van der Waals surface area contributed by atoms with Gasteiger partial charge in [-0.25, -0.2) is 0 Å². The molecule has 5 heteroatoms. The quantitative estimate of drug-likeness (QED) is 0.508. The SMILES string of the molecule is CC(c1ccccc1)N1Cc2[nH]nc(NC(=O)Cc3cccc4ccccc34)c2C1. The second-order valence-corrected chi connectivity index (χ2v) is 7.88. The molecule has 5 nitrogen and oxygen atoms in total. The number of hydrogen-bond acceptors (Lipinski definition) is 3. The van der Waals surface area contributed by atoms with Crippen molar-refractivity contribution >= 4 is 22.5 Å². The average Bonchev–Trinajstić information content (AvgIpc) is 3.36. The van der Waals surface area contributed by atoms with Crippen LogP contribution in [0.3, 0.4) is 0 Å². The van der Waals surface area contributed by atoms with E-state index in [0.29, 0.717) is 18.3 Å². The van der Waals surface area contributed by atoms with Crippen LogP contribution in [0.2, 0.25) is 0 Å². The van der Waals surface area contributed by atoms with Crippen LogP contribution in [-0.2, 0) is 24.3 Å². The number of fused-ring (bicyclic) bond motifs is 2. The number of amides is 1. The highest BCUT2D eigenvalue weighted by Crippen LogP contribution is 2.33. The van der Waals surface area contributed by atoms with E-state index >= 15 is 0 Å². The number of carbonyl (C=O) groups excluding carboxylic acids is 1. The first-order valence-corrected chi connectivity index (χ1v) is 10.3. The number of benzene rings is 3. The van der Waals surface area contributed by atoms with E-state index in [1.807, 2.05) is 30.3 Å². The molecule has 1 unspecified atom stereocenters. The van der Waals surface area contributed by atoms with Gasteiger partial charge < -0.3 is 5.32 Å². The molecule has 5 rings (SSSR count). The van der Waals surface area contributed by atoms with Crippen molar-refractivity contribution in [2.45, 2.75) is 32.5 Å². The molecule has 1 aliphatic rings. The minimum absolute atomic E-state index is 0.0461. The maximum atomic E-state index is 12.8. The highest BCUT2D eigenvalue weighted by Gasteiger charge is 2.29. The third kappa shape index (κ3) is 3.48. The molecule has 1 amide bonds. The van der Waals surface area contributed by atoms with Crippen LogP contribution >= 0.6 is 0 Å². The summed E-state index contributed by atoms with van der Waals surface area (Å²) in [7, 11) is 0. The number of H-pyrrole nitrogens is 1. The van der Waals surface area contributed by atoms with Gasteiger partial charge in [-0.15, -0.1) is 0 Å². The van der Waals surface area contributed by atoms with Gasteiger partial charge in [0.05, 0.1) is 12.1 Å². The molecule has 2 heterocycles. The molecule has 0 radical (unpaired) electrons. The Labute approximate surface area is 175 Å². The molecule has 1 aromatic heterocycles. The van der Waals surface area contributed by atoms with Crippen molar-refractivity contribution in [3.8, 4) is 0 Å². The van der Waals surface area contributed by atoms with Crippen molar-refractivity contribution < 1.29 is 4.79 Å². The van der Waals surface area contributed by atoms with Crippen molar-refractivity contribution in [3.63, 3.8) is 0 Å². The van der Waals surface area contributed by atoms with Crippen LogP contribution in [0.15, 0.2) is 72.8 Å². The first-order chi connectivity index (χ1) is 14.7. The molecule has 0 spiro atoms. The van der Waals surface area contributed by atoms with Crippen molar-refractivity contribution in [1.82, 2.24) is 15.1 Å². The summed E-state index contributed by atoms with van der Waals surface area (Å²) in [6.07, 6.45) is 0.327. The largest absolute Gasteiger partial charge is 0.309 e. The number of aromatic amines is 1. The Morgan fingerprint density at radius 3 is 2.67 bits per heavy atom. The predicted octanol–water partition coefficient (Wildman–Crippen LogP) is 4.82. The molecule has 1 aliphatic heterocycles. The lowest BCUT2D eigenvalue weighted by Crippen LogP contribution is -2.22. The fourth-order valence-corrected chi connectivity index (χ4v) is 4.28. The number of rotatable bonds is 5. The van der Waals surface area contributed by atoms with E-state index in [1.165, 1.54) is 5.56 Å². The zero-order valence-corrected chi connectivity index (χ0v) is 16.9. The fourth-order valence-electron chi connectivity index (χ4n) is 4.28. The van der Waals surface area contributed by atoms with Gasteiger partial charge in [-0.05, 0) is 28.8 Å². The van der Waals surface area contributed by atoms with Crippen LogP contribution in [-0.4, -0.2) is 21.0 Å². The van der Waals surface area contributed by atoms with Crippen LogP contribution in [0.4, 0.5) is 5.82 Å². The second kappa shape index (κ2) is 7.76. The predicted molar refractivity (Wildman–Crippen MR) is 119 cm³/mol. The van der Waals surface area contributed by atoms with E-state index in [9.17, 15) is 4.79 Å². The Kier molecular flexibility index (Phi) is 4.81. The van der Waals surface area contributed by atoms with Crippen molar-refractivity contribution in [1.29, 1.82) is 0 Å². The van der Waals surface area contributed by atoms with Gasteiger partial charge in [-0.2, -0.15) is 5.10 Å². The minimum Gasteiger partial charge on any atom is -0.309 e. The lowest BCUT2D eigenvalue weighted by molar-refractivity contribution is -0.115. The Balaban J connectivity index is 1.29. The molecule has 0 bridgehead atoms. The van der Waals surface area contributed by atoms with E-state index in [0.717, 1.165) is 40.7 Å². The fraction of sp³-hybridized carbons (Fsp3) is 0.200. The van der Waals surface area contributed by atoms with Crippen molar-refractivity contribution in [3.05, 3.63) is 95.2 Å². The van der Waals surface area contributed by atoms with Crippen LogP contribution in [0.1, 0.15) is 35.3 Å². The molecule has 0 saturated heterocycles. The molecule has 1 atom stereocenters. The molecule has 0 fully saturated rings. The van der Waals surface area contributed by atoms with Gasteiger partial charge in [0.25, 0.3) is 0 Å². The second-order valence-electron chi connectivity index (χ2n) is 7.88. The maximum absolute atomic E-state index is 12.8. The molecule has 0 saturated carbocycles. The van der Waals surface area contributed by atoms with Gasteiger partial charge in [0.15, 0.2) is 5.82 Å². The highest BCUT2D eigenvalue weighted by molar-refractivity contribution is 5.96. The first kappa shape index (κ1) is 18.6. The Morgan fingerprint density at radius 2 is 1.80 bits per heavy atom. The Morgan fingerprint density at radius 1 is 1.03 bits per heavy atom. The molecule has 2 N–H and O–H groups in total. The Bertz CT molecular complexity index is 1190. The summed E-state index contributed by atoms with van der Waals surface area (Å²) in [6, 6.07) is 25.0. The number of nitrogens with zero attached hydrogens (tertiary/aromatic N) is 2. The standard InChI is InChI=1S/C25H24N4O/c1-17(18-8-3-2-4-9-18)29-15-22-23(16-29)27-28-25(22)26-24(30)14-20-12-7-11-19-10-5-6-13-21(19)20/h2-13,17H,14-16H2,1H3,(H2,26,27,28,30). The number of hydrogen-bond donors (Lipinski definition) is 2. The van der Waals surface area contributed by atoms with Gasteiger partial charge >= 0.3 is 0 Å². The molecular formula is C25H24N4O. The average molecular weight is 396 g/mol. The summed E-state index contributed by atoms with van der Waals surface area (Å²) < 4.78 is 0. The topological polar surface area (TPSA) is 61.0 Å². The summed E-state index contributed by atoms with van der Waals surface area (Å²) in [5, 5.41) is 12.8. The number of aromatic nitrogens is 2. The zero-order chi connectivity index (χ0) is 20.5. The van der Waals surface area contributed by atoms with E-state index in [-0.39, 0.29) is 5.91 Å². The smallest absolute Gasteiger partial charge is 0.230 e.